The van der Waals surface area contributed by atoms with E-state index in [0.717, 1.165) is 11.4 Å². The molecular weight excluding hydrogens is 290 g/mol. The van der Waals surface area contributed by atoms with Gasteiger partial charge in [-0.2, -0.15) is 0 Å². The molecule has 2 heterocycles. The quantitative estimate of drug-likeness (QED) is 0.918. The van der Waals surface area contributed by atoms with Crippen molar-refractivity contribution in [3.05, 3.63) is 46.0 Å². The van der Waals surface area contributed by atoms with Crippen molar-refractivity contribution in [1.82, 2.24) is 14.3 Å². The summed E-state index contributed by atoms with van der Waals surface area (Å²) in [4.78, 5) is 19.3. The van der Waals surface area contributed by atoms with Crippen LogP contribution in [0.4, 0.5) is 0 Å². The van der Waals surface area contributed by atoms with Crippen molar-refractivity contribution in [1.29, 1.82) is 0 Å². The average molecular weight is 315 g/mol. The number of pyridine rings is 1. The molecule has 0 aromatic carbocycles. The Morgan fingerprint density at radius 3 is 2.83 bits per heavy atom. The molecular formula is C18H25N3O2. The van der Waals surface area contributed by atoms with Gasteiger partial charge in [0.1, 0.15) is 5.65 Å². The van der Waals surface area contributed by atoms with Crippen molar-refractivity contribution >= 4 is 5.65 Å². The van der Waals surface area contributed by atoms with Crippen LogP contribution in [0.2, 0.25) is 0 Å². The third kappa shape index (κ3) is 3.62. The van der Waals surface area contributed by atoms with Crippen molar-refractivity contribution < 1.29 is 5.11 Å². The molecule has 0 unspecified atom stereocenters. The van der Waals surface area contributed by atoms with Crippen LogP contribution >= 0.6 is 0 Å². The number of rotatable bonds is 5. The predicted octanol–water partition coefficient (Wildman–Crippen LogP) is 2.13. The molecule has 2 aromatic rings. The summed E-state index contributed by atoms with van der Waals surface area (Å²) in [6, 6.07) is 7.83. The SMILES string of the molecule is Cc1cccc2nc(CN(CCO)C3CCCCC3)cc(=O)n12. The molecule has 1 aliphatic carbocycles. The van der Waals surface area contributed by atoms with Crippen LogP contribution < -0.4 is 5.56 Å². The van der Waals surface area contributed by atoms with Crippen molar-refractivity contribution in [3.63, 3.8) is 0 Å². The number of aromatic nitrogens is 2. The van der Waals surface area contributed by atoms with E-state index in [2.05, 4.69) is 9.88 Å². The molecule has 0 amide bonds. The third-order valence-corrected chi connectivity index (χ3v) is 4.78. The molecule has 124 valence electrons. The first-order chi connectivity index (χ1) is 11.2. The van der Waals surface area contributed by atoms with E-state index in [4.69, 9.17) is 0 Å². The first kappa shape index (κ1) is 16.1. The second-order valence-corrected chi connectivity index (χ2v) is 6.43. The fourth-order valence-corrected chi connectivity index (χ4v) is 3.62. The summed E-state index contributed by atoms with van der Waals surface area (Å²) < 4.78 is 1.64. The Labute approximate surface area is 136 Å². The number of nitrogens with zero attached hydrogens (tertiary/aromatic N) is 3. The van der Waals surface area contributed by atoms with Crippen LogP contribution in [0.15, 0.2) is 29.1 Å². The minimum Gasteiger partial charge on any atom is -0.395 e. The fraction of sp³-hybridized carbons (Fsp3) is 0.556. The van der Waals surface area contributed by atoms with Crippen molar-refractivity contribution in [3.8, 4) is 0 Å². The molecule has 1 fully saturated rings. The molecule has 23 heavy (non-hydrogen) atoms. The van der Waals surface area contributed by atoms with E-state index in [9.17, 15) is 9.90 Å². The lowest BCUT2D eigenvalue weighted by Crippen LogP contribution is -2.38. The van der Waals surface area contributed by atoms with E-state index in [1.54, 1.807) is 10.5 Å². The van der Waals surface area contributed by atoms with Crippen LogP contribution in [0.25, 0.3) is 5.65 Å². The van der Waals surface area contributed by atoms with Gasteiger partial charge in [0.15, 0.2) is 0 Å². The number of hydrogen-bond acceptors (Lipinski definition) is 4. The Morgan fingerprint density at radius 2 is 2.09 bits per heavy atom. The van der Waals surface area contributed by atoms with Gasteiger partial charge >= 0.3 is 0 Å². The van der Waals surface area contributed by atoms with Crippen molar-refractivity contribution in [2.75, 3.05) is 13.2 Å². The number of fused-ring (bicyclic) bond motifs is 1. The zero-order valence-electron chi connectivity index (χ0n) is 13.7. The number of aliphatic hydroxyl groups is 1. The molecule has 3 rings (SSSR count). The Kier molecular flexibility index (Phi) is 5.08. The summed E-state index contributed by atoms with van der Waals surface area (Å²) in [6.07, 6.45) is 6.15. The highest BCUT2D eigenvalue weighted by Gasteiger charge is 2.21. The molecule has 0 radical (unpaired) electrons. The summed E-state index contributed by atoms with van der Waals surface area (Å²) >= 11 is 0. The van der Waals surface area contributed by atoms with Crippen molar-refractivity contribution in [2.24, 2.45) is 0 Å². The molecule has 0 atom stereocenters. The summed E-state index contributed by atoms with van der Waals surface area (Å²) in [6.45, 7) is 3.32. The Bertz CT molecular complexity index is 720. The molecule has 0 bridgehead atoms. The normalized spacial score (nSPS) is 16.3. The Balaban J connectivity index is 1.87. The maximum absolute atomic E-state index is 12.4. The molecule has 0 spiro atoms. The van der Waals surface area contributed by atoms with Crippen molar-refractivity contribution in [2.45, 2.75) is 51.6 Å². The highest BCUT2D eigenvalue weighted by Crippen LogP contribution is 2.23. The topological polar surface area (TPSA) is 57.8 Å². The number of aliphatic hydroxyl groups excluding tert-OH is 1. The second-order valence-electron chi connectivity index (χ2n) is 6.43. The molecule has 1 N–H and O–H groups in total. The van der Waals surface area contributed by atoms with E-state index in [1.165, 1.54) is 32.1 Å². The zero-order valence-corrected chi connectivity index (χ0v) is 13.7. The first-order valence-corrected chi connectivity index (χ1v) is 8.52. The van der Waals surface area contributed by atoms with Gasteiger partial charge in [-0.25, -0.2) is 4.98 Å². The number of aryl methyl sites for hydroxylation is 1. The second kappa shape index (κ2) is 7.23. The van der Waals surface area contributed by atoms with Gasteiger partial charge in [-0.3, -0.25) is 14.1 Å². The first-order valence-electron chi connectivity index (χ1n) is 8.52. The summed E-state index contributed by atoms with van der Waals surface area (Å²) in [7, 11) is 0. The Hall–Kier alpha value is -1.72. The largest absolute Gasteiger partial charge is 0.395 e. The van der Waals surface area contributed by atoms with Gasteiger partial charge in [0.2, 0.25) is 0 Å². The van der Waals surface area contributed by atoms with Crippen LogP contribution in [0.1, 0.15) is 43.5 Å². The maximum atomic E-state index is 12.4. The molecule has 5 nitrogen and oxygen atoms in total. The van der Waals surface area contributed by atoms with Crippen LogP contribution in [-0.2, 0) is 6.54 Å². The van der Waals surface area contributed by atoms with E-state index < -0.39 is 0 Å². The standard InChI is InChI=1S/C18H25N3O2/c1-14-6-5-9-17-19-15(12-18(23)21(14)17)13-20(10-11-22)16-7-3-2-4-8-16/h5-6,9,12,16,22H,2-4,7-8,10-11,13H2,1H3. The van der Waals surface area contributed by atoms with Gasteiger partial charge < -0.3 is 5.11 Å². The fourth-order valence-electron chi connectivity index (χ4n) is 3.62. The predicted molar refractivity (Wildman–Crippen MR) is 90.6 cm³/mol. The van der Waals surface area contributed by atoms with E-state index in [0.29, 0.717) is 24.8 Å². The van der Waals surface area contributed by atoms with Gasteiger partial charge in [0.05, 0.1) is 12.3 Å². The van der Waals surface area contributed by atoms with Crippen LogP contribution in [0.5, 0.6) is 0 Å². The van der Waals surface area contributed by atoms with Gasteiger partial charge in [-0.1, -0.05) is 25.3 Å². The van der Waals surface area contributed by atoms with E-state index >= 15 is 0 Å². The lowest BCUT2D eigenvalue weighted by atomic mass is 9.94. The molecule has 0 saturated heterocycles. The minimum atomic E-state index is -0.0318. The summed E-state index contributed by atoms with van der Waals surface area (Å²) in [5.74, 6) is 0. The lowest BCUT2D eigenvalue weighted by molar-refractivity contribution is 0.116. The molecule has 2 aromatic heterocycles. The van der Waals surface area contributed by atoms with Crippen LogP contribution in [-0.4, -0.2) is 38.6 Å². The zero-order chi connectivity index (χ0) is 16.2. The number of hydrogen-bond donors (Lipinski definition) is 1. The van der Waals surface area contributed by atoms with E-state index in [1.807, 2.05) is 25.1 Å². The monoisotopic (exact) mass is 315 g/mol. The van der Waals surface area contributed by atoms with Gasteiger partial charge in [-0.05, 0) is 31.9 Å². The van der Waals surface area contributed by atoms with E-state index in [-0.39, 0.29) is 12.2 Å². The van der Waals surface area contributed by atoms with Crippen LogP contribution in [0.3, 0.4) is 0 Å². The van der Waals surface area contributed by atoms with Gasteiger partial charge in [0, 0.05) is 30.9 Å². The van der Waals surface area contributed by atoms with Gasteiger partial charge in [-0.15, -0.1) is 0 Å². The van der Waals surface area contributed by atoms with Crippen LogP contribution in [0, 0.1) is 6.92 Å². The lowest BCUT2D eigenvalue weighted by Gasteiger charge is -2.33. The molecule has 5 heteroatoms. The third-order valence-electron chi connectivity index (χ3n) is 4.78. The molecule has 1 saturated carbocycles. The van der Waals surface area contributed by atoms with Gasteiger partial charge in [0.25, 0.3) is 5.56 Å². The smallest absolute Gasteiger partial charge is 0.258 e. The minimum absolute atomic E-state index is 0.0318. The molecule has 1 aliphatic rings. The molecule has 0 aliphatic heterocycles. The Morgan fingerprint density at radius 1 is 1.30 bits per heavy atom. The summed E-state index contributed by atoms with van der Waals surface area (Å²) in [5.41, 5.74) is 2.35. The highest BCUT2D eigenvalue weighted by atomic mass is 16.3. The highest BCUT2D eigenvalue weighted by molar-refractivity contribution is 5.40. The summed E-state index contributed by atoms with van der Waals surface area (Å²) in [5, 5.41) is 9.38. The maximum Gasteiger partial charge on any atom is 0.258 e. The average Bonchev–Trinajstić information content (AvgIpc) is 2.55.